The van der Waals surface area contributed by atoms with E-state index in [1.165, 1.54) is 11.8 Å². The van der Waals surface area contributed by atoms with Crippen LogP contribution in [0.3, 0.4) is 0 Å². The first-order chi connectivity index (χ1) is 16.0. The van der Waals surface area contributed by atoms with E-state index in [0.717, 1.165) is 32.9 Å². The molecule has 9 heteroatoms. The lowest BCUT2D eigenvalue weighted by Gasteiger charge is -2.14. The number of carboxylic acid groups (broad SMARTS) is 1. The van der Waals surface area contributed by atoms with E-state index in [1.54, 1.807) is 6.20 Å². The van der Waals surface area contributed by atoms with Crippen molar-refractivity contribution >= 4 is 51.1 Å². The third-order valence-corrected chi connectivity index (χ3v) is 6.57. The van der Waals surface area contributed by atoms with E-state index in [4.69, 9.17) is 0 Å². The Morgan fingerprint density at radius 2 is 1.88 bits per heavy atom. The zero-order valence-corrected chi connectivity index (χ0v) is 18.6. The van der Waals surface area contributed by atoms with Crippen LogP contribution in [0.25, 0.3) is 27.5 Å². The van der Waals surface area contributed by atoms with Crippen LogP contribution < -0.4 is 5.32 Å². The lowest BCUT2D eigenvalue weighted by Crippen LogP contribution is -2.43. The molecule has 166 valence electrons. The van der Waals surface area contributed by atoms with E-state index >= 15 is 0 Å². The molecule has 0 aliphatic rings. The van der Waals surface area contributed by atoms with Gasteiger partial charge in [-0.05, 0) is 36.2 Å². The van der Waals surface area contributed by atoms with Crippen molar-refractivity contribution in [1.29, 1.82) is 0 Å². The van der Waals surface area contributed by atoms with Crippen molar-refractivity contribution in [2.45, 2.75) is 24.5 Å². The van der Waals surface area contributed by atoms with Crippen molar-refractivity contribution in [3.05, 3.63) is 71.9 Å². The van der Waals surface area contributed by atoms with Crippen LogP contribution in [-0.4, -0.2) is 48.4 Å². The van der Waals surface area contributed by atoms with Crippen LogP contribution in [0.1, 0.15) is 11.1 Å². The first-order valence-electron chi connectivity index (χ1n) is 10.4. The normalized spacial score (nSPS) is 12.4. The molecule has 0 saturated carbocycles. The number of para-hydroxylation sites is 2. The summed E-state index contributed by atoms with van der Waals surface area (Å²) in [5.41, 5.74) is 4.54. The molecule has 1 amide bonds. The zero-order valence-electron chi connectivity index (χ0n) is 17.8. The molecular weight excluding hydrogens is 438 g/mol. The van der Waals surface area contributed by atoms with Crippen molar-refractivity contribution in [3.8, 4) is 0 Å². The molecule has 0 saturated heterocycles. The summed E-state index contributed by atoms with van der Waals surface area (Å²) in [6.45, 7) is 2.02. The largest absolute Gasteiger partial charge is 0.480 e. The van der Waals surface area contributed by atoms with Crippen LogP contribution in [0, 0.1) is 6.92 Å². The Morgan fingerprint density at radius 1 is 1.12 bits per heavy atom. The van der Waals surface area contributed by atoms with Gasteiger partial charge in [-0.1, -0.05) is 48.2 Å². The fourth-order valence-electron chi connectivity index (χ4n) is 4.05. The Morgan fingerprint density at radius 3 is 2.70 bits per heavy atom. The number of nitrogens with zero attached hydrogens (tertiary/aromatic N) is 3. The number of aromatic amines is 1. The Bertz CT molecular complexity index is 1510. The van der Waals surface area contributed by atoms with Crippen LogP contribution in [0.5, 0.6) is 0 Å². The molecule has 0 fully saturated rings. The lowest BCUT2D eigenvalue weighted by atomic mass is 10.1. The van der Waals surface area contributed by atoms with Gasteiger partial charge in [0.05, 0.1) is 11.3 Å². The van der Waals surface area contributed by atoms with Crippen molar-refractivity contribution in [3.63, 3.8) is 0 Å². The van der Waals surface area contributed by atoms with E-state index in [-0.39, 0.29) is 18.1 Å². The second kappa shape index (κ2) is 8.59. The average molecular weight is 460 g/mol. The molecule has 3 aromatic heterocycles. The topological polar surface area (TPSA) is 112 Å². The second-order valence-electron chi connectivity index (χ2n) is 7.83. The molecule has 0 unspecified atom stereocenters. The highest BCUT2D eigenvalue weighted by atomic mass is 32.2. The smallest absolute Gasteiger partial charge is 0.326 e. The molecule has 0 radical (unpaired) electrons. The fraction of sp³-hybridized carbons (Fsp3) is 0.167. The van der Waals surface area contributed by atoms with Crippen LogP contribution in [0.15, 0.2) is 66.0 Å². The number of hydrogen-bond acceptors (Lipinski definition) is 5. The minimum absolute atomic E-state index is 0.0284. The average Bonchev–Trinajstić information content (AvgIpc) is 3.41. The minimum atomic E-state index is -1.08. The van der Waals surface area contributed by atoms with Crippen molar-refractivity contribution in [2.75, 3.05) is 5.75 Å². The van der Waals surface area contributed by atoms with Crippen molar-refractivity contribution in [2.24, 2.45) is 0 Å². The van der Waals surface area contributed by atoms with E-state index in [1.807, 2.05) is 65.9 Å². The van der Waals surface area contributed by atoms with Gasteiger partial charge in [0.1, 0.15) is 6.04 Å². The summed E-state index contributed by atoms with van der Waals surface area (Å²) in [7, 11) is 0. The number of amides is 1. The lowest BCUT2D eigenvalue weighted by molar-refractivity contribution is -0.141. The number of fused-ring (bicyclic) bond motifs is 4. The minimum Gasteiger partial charge on any atom is -0.480 e. The van der Waals surface area contributed by atoms with Gasteiger partial charge in [-0.2, -0.15) is 0 Å². The standard InChI is InChI=1S/C24H21N5O3S/c1-14-10-21-27-28-24(29(21)20-9-5-3-6-16(14)20)33-13-22(30)26-19(23(31)32)11-15-12-25-18-8-4-2-7-17(15)18/h2-10,12,19,25H,11,13H2,1H3,(H,26,30)(H,31,32)/t19-/m1/s1. The number of rotatable bonds is 7. The third kappa shape index (κ3) is 4.03. The van der Waals surface area contributed by atoms with Gasteiger partial charge in [-0.15, -0.1) is 10.2 Å². The molecule has 0 aliphatic heterocycles. The summed E-state index contributed by atoms with van der Waals surface area (Å²) in [6, 6.07) is 16.6. The summed E-state index contributed by atoms with van der Waals surface area (Å²) in [4.78, 5) is 27.6. The molecule has 0 bridgehead atoms. The number of carbonyl (C=O) groups is 2. The number of carboxylic acids is 1. The number of pyridine rings is 1. The highest BCUT2D eigenvalue weighted by Crippen LogP contribution is 2.25. The predicted molar refractivity (Wildman–Crippen MR) is 128 cm³/mol. The van der Waals surface area contributed by atoms with Crippen LogP contribution in [-0.2, 0) is 16.0 Å². The van der Waals surface area contributed by atoms with Gasteiger partial charge in [0.2, 0.25) is 5.91 Å². The van der Waals surface area contributed by atoms with Crippen LogP contribution >= 0.6 is 11.8 Å². The molecule has 5 aromatic rings. The number of hydrogen-bond donors (Lipinski definition) is 3. The number of aliphatic carboxylic acids is 1. The molecule has 8 nitrogen and oxygen atoms in total. The summed E-state index contributed by atoms with van der Waals surface area (Å²) < 4.78 is 1.92. The van der Waals surface area contributed by atoms with E-state index in [0.29, 0.717) is 10.8 Å². The van der Waals surface area contributed by atoms with Gasteiger partial charge in [0.15, 0.2) is 10.8 Å². The maximum atomic E-state index is 12.6. The third-order valence-electron chi connectivity index (χ3n) is 5.64. The number of aromatic nitrogens is 4. The van der Waals surface area contributed by atoms with Crippen LogP contribution in [0.4, 0.5) is 0 Å². The maximum absolute atomic E-state index is 12.6. The highest BCUT2D eigenvalue weighted by molar-refractivity contribution is 7.99. The van der Waals surface area contributed by atoms with Gasteiger partial charge < -0.3 is 15.4 Å². The number of nitrogens with one attached hydrogen (secondary N) is 2. The van der Waals surface area contributed by atoms with Crippen molar-refractivity contribution in [1.82, 2.24) is 24.9 Å². The fourth-order valence-corrected chi connectivity index (χ4v) is 4.82. The molecular formula is C24H21N5O3S. The van der Waals surface area contributed by atoms with Crippen molar-refractivity contribution < 1.29 is 14.7 Å². The number of carbonyl (C=O) groups excluding carboxylic acids is 1. The van der Waals surface area contributed by atoms with Gasteiger partial charge in [0.25, 0.3) is 0 Å². The van der Waals surface area contributed by atoms with Gasteiger partial charge in [-0.25, -0.2) is 4.79 Å². The quantitative estimate of drug-likeness (QED) is 0.321. The Labute approximate surface area is 193 Å². The molecule has 5 rings (SSSR count). The molecule has 3 heterocycles. The van der Waals surface area contributed by atoms with Crippen LogP contribution in [0.2, 0.25) is 0 Å². The zero-order chi connectivity index (χ0) is 22.9. The molecule has 3 N–H and O–H groups in total. The van der Waals surface area contributed by atoms with Gasteiger partial charge >= 0.3 is 5.97 Å². The first-order valence-corrected chi connectivity index (χ1v) is 11.4. The number of H-pyrrole nitrogens is 1. The molecule has 0 aliphatic carbocycles. The number of thioether (sulfide) groups is 1. The first kappa shape index (κ1) is 21.0. The molecule has 0 spiro atoms. The summed E-state index contributed by atoms with van der Waals surface area (Å²) in [5.74, 6) is -1.42. The summed E-state index contributed by atoms with van der Waals surface area (Å²) in [6.07, 6.45) is 1.98. The highest BCUT2D eigenvalue weighted by Gasteiger charge is 2.22. The molecule has 2 aromatic carbocycles. The van der Waals surface area contributed by atoms with E-state index in [9.17, 15) is 14.7 Å². The SMILES string of the molecule is Cc1cc2nnc(SCC(=O)N[C@H](Cc3c[nH]c4ccccc34)C(=O)O)n2c2ccccc12. The Balaban J connectivity index is 1.32. The number of benzene rings is 2. The summed E-state index contributed by atoms with van der Waals surface area (Å²) >= 11 is 1.23. The predicted octanol–water partition coefficient (Wildman–Crippen LogP) is 3.58. The Hall–Kier alpha value is -3.85. The second-order valence-corrected chi connectivity index (χ2v) is 8.77. The van der Waals surface area contributed by atoms with E-state index in [2.05, 4.69) is 20.5 Å². The molecule has 33 heavy (non-hydrogen) atoms. The maximum Gasteiger partial charge on any atom is 0.326 e. The summed E-state index contributed by atoms with van der Waals surface area (Å²) in [5, 5.41) is 23.4. The Kier molecular flexibility index (Phi) is 5.47. The van der Waals surface area contributed by atoms with Gasteiger partial charge in [-0.3, -0.25) is 9.20 Å². The van der Waals surface area contributed by atoms with Gasteiger partial charge in [0, 0.05) is 28.9 Å². The monoisotopic (exact) mass is 459 g/mol. The molecule has 1 atom stereocenters. The van der Waals surface area contributed by atoms with E-state index < -0.39 is 12.0 Å². The number of aryl methyl sites for hydroxylation is 1.